The molecule has 0 heterocycles. The van der Waals surface area contributed by atoms with E-state index in [0.29, 0.717) is 11.7 Å². The lowest BCUT2D eigenvalue weighted by atomic mass is 9.82. The van der Waals surface area contributed by atoms with Crippen molar-refractivity contribution in [2.45, 2.75) is 65.7 Å². The Morgan fingerprint density at radius 2 is 1.67 bits per heavy atom. The van der Waals surface area contributed by atoms with Gasteiger partial charge in [-0.25, -0.2) is 0 Å². The van der Waals surface area contributed by atoms with Gasteiger partial charge in [-0.3, -0.25) is 4.79 Å². The first-order valence-electron chi connectivity index (χ1n) is 6.43. The monoisotopic (exact) mass is 208 g/mol. The van der Waals surface area contributed by atoms with Crippen molar-refractivity contribution >= 4 is 5.78 Å². The molecule has 1 nitrogen and oxygen atoms in total. The number of carbonyl (C=O) groups is 1. The summed E-state index contributed by atoms with van der Waals surface area (Å²) >= 11 is 0. The summed E-state index contributed by atoms with van der Waals surface area (Å²) in [5.74, 6) is 0.830. The number of allylic oxidation sites excluding steroid dienone is 2. The molecule has 0 bridgehead atoms. The van der Waals surface area contributed by atoms with Gasteiger partial charge in [0.25, 0.3) is 0 Å². The number of hydrogen-bond acceptors (Lipinski definition) is 1. The minimum absolute atomic E-state index is 0.320. The molecule has 0 amide bonds. The fourth-order valence-electron chi connectivity index (χ4n) is 2.77. The normalized spacial score (nSPS) is 16.9. The molecule has 86 valence electrons. The number of hydrogen-bond donors (Lipinski definition) is 0. The van der Waals surface area contributed by atoms with Crippen LogP contribution in [0.3, 0.4) is 0 Å². The van der Waals surface area contributed by atoms with Crippen LogP contribution in [0, 0.1) is 5.92 Å². The van der Waals surface area contributed by atoms with Crippen molar-refractivity contribution in [1.82, 2.24) is 0 Å². The zero-order valence-corrected chi connectivity index (χ0v) is 10.4. The summed E-state index contributed by atoms with van der Waals surface area (Å²) < 4.78 is 0. The highest BCUT2D eigenvalue weighted by atomic mass is 16.1. The first-order valence-corrected chi connectivity index (χ1v) is 6.43. The van der Waals surface area contributed by atoms with E-state index in [0.717, 1.165) is 12.8 Å². The van der Waals surface area contributed by atoms with Gasteiger partial charge in [0, 0.05) is 0 Å². The third-order valence-corrected chi connectivity index (χ3v) is 3.61. The van der Waals surface area contributed by atoms with Crippen molar-refractivity contribution in [2.75, 3.05) is 0 Å². The zero-order valence-electron chi connectivity index (χ0n) is 10.4. The van der Waals surface area contributed by atoms with Crippen molar-refractivity contribution in [1.29, 1.82) is 0 Å². The van der Waals surface area contributed by atoms with E-state index >= 15 is 0 Å². The molecular weight excluding hydrogens is 184 g/mol. The second kappa shape index (κ2) is 6.09. The van der Waals surface area contributed by atoms with Crippen LogP contribution < -0.4 is 0 Å². The van der Waals surface area contributed by atoms with Gasteiger partial charge in [-0.15, -0.1) is 0 Å². The molecule has 1 aliphatic carbocycles. The van der Waals surface area contributed by atoms with Crippen LogP contribution in [0.25, 0.3) is 0 Å². The third kappa shape index (κ3) is 3.19. The van der Waals surface area contributed by atoms with E-state index in [-0.39, 0.29) is 0 Å². The minimum Gasteiger partial charge on any atom is -0.295 e. The van der Waals surface area contributed by atoms with Gasteiger partial charge in [0.05, 0.1) is 0 Å². The molecule has 0 N–H and O–H groups in total. The molecule has 0 aliphatic heterocycles. The first-order chi connectivity index (χ1) is 7.20. The number of carbonyl (C=O) groups excluding carboxylic acids is 1. The lowest BCUT2D eigenvalue weighted by Gasteiger charge is -2.23. The smallest absolute Gasteiger partial charge is 0.156 e. The molecule has 1 heteroatoms. The van der Waals surface area contributed by atoms with Crippen LogP contribution in [0.1, 0.15) is 65.7 Å². The van der Waals surface area contributed by atoms with Crippen molar-refractivity contribution in [3.63, 3.8) is 0 Å². The fraction of sp³-hybridized carbons (Fsp3) is 0.786. The molecule has 15 heavy (non-hydrogen) atoms. The Hall–Kier alpha value is -0.590. The summed E-state index contributed by atoms with van der Waals surface area (Å²) in [5.41, 5.74) is 2.65. The molecular formula is C14H24O. The van der Waals surface area contributed by atoms with Crippen LogP contribution in [-0.2, 0) is 4.79 Å². The molecule has 0 aromatic carbocycles. The summed E-state index contributed by atoms with van der Waals surface area (Å²) in [6.07, 6.45) is 8.47. The van der Waals surface area contributed by atoms with Crippen LogP contribution in [0.15, 0.2) is 11.1 Å². The van der Waals surface area contributed by atoms with Crippen LogP contribution >= 0.6 is 0 Å². The zero-order chi connectivity index (χ0) is 11.3. The van der Waals surface area contributed by atoms with E-state index < -0.39 is 0 Å². The summed E-state index contributed by atoms with van der Waals surface area (Å²) in [6.45, 7) is 6.14. The summed E-state index contributed by atoms with van der Waals surface area (Å²) in [7, 11) is 0. The van der Waals surface area contributed by atoms with Gasteiger partial charge in [-0.05, 0) is 56.9 Å². The molecule has 0 aromatic rings. The number of rotatable bonds is 4. The van der Waals surface area contributed by atoms with E-state index in [1.165, 1.54) is 43.3 Å². The quantitative estimate of drug-likeness (QED) is 0.630. The summed E-state index contributed by atoms with van der Waals surface area (Å²) in [4.78, 5) is 11.7. The van der Waals surface area contributed by atoms with E-state index in [1.54, 1.807) is 6.92 Å². The topological polar surface area (TPSA) is 17.1 Å². The van der Waals surface area contributed by atoms with Crippen LogP contribution in [0.4, 0.5) is 0 Å². The van der Waals surface area contributed by atoms with E-state index in [4.69, 9.17) is 0 Å². The molecule has 0 spiro atoms. The Bertz CT molecular complexity index is 238. The predicted octanol–water partition coefficient (Wildman–Crippen LogP) is 4.27. The minimum atomic E-state index is 0.320. The van der Waals surface area contributed by atoms with E-state index in [1.807, 2.05) is 0 Å². The van der Waals surface area contributed by atoms with Gasteiger partial charge in [0.2, 0.25) is 0 Å². The Labute approximate surface area is 93.9 Å². The molecule has 0 aromatic heterocycles. The highest BCUT2D eigenvalue weighted by Gasteiger charge is 2.20. The summed E-state index contributed by atoms with van der Waals surface area (Å²) in [5, 5.41) is 0. The molecule has 0 saturated heterocycles. The lowest BCUT2D eigenvalue weighted by Crippen LogP contribution is -2.14. The van der Waals surface area contributed by atoms with Gasteiger partial charge in [-0.1, -0.05) is 25.8 Å². The largest absolute Gasteiger partial charge is 0.295 e. The van der Waals surface area contributed by atoms with Crippen LogP contribution in [-0.4, -0.2) is 5.78 Å². The summed E-state index contributed by atoms with van der Waals surface area (Å²) in [6, 6.07) is 0. The van der Waals surface area contributed by atoms with E-state index in [9.17, 15) is 4.79 Å². The second-order valence-electron chi connectivity index (χ2n) is 4.65. The first kappa shape index (κ1) is 12.5. The fourth-order valence-corrected chi connectivity index (χ4v) is 2.77. The molecule has 0 unspecified atom stereocenters. The maximum Gasteiger partial charge on any atom is 0.156 e. The van der Waals surface area contributed by atoms with E-state index in [2.05, 4.69) is 13.8 Å². The Kier molecular flexibility index (Phi) is 5.07. The van der Waals surface area contributed by atoms with Crippen molar-refractivity contribution < 1.29 is 4.79 Å². The van der Waals surface area contributed by atoms with Crippen LogP contribution in [0.2, 0.25) is 0 Å². The van der Waals surface area contributed by atoms with Crippen molar-refractivity contribution in [2.24, 2.45) is 5.92 Å². The lowest BCUT2D eigenvalue weighted by molar-refractivity contribution is -0.114. The second-order valence-corrected chi connectivity index (χ2v) is 4.65. The maximum absolute atomic E-state index is 11.7. The van der Waals surface area contributed by atoms with Gasteiger partial charge in [0.15, 0.2) is 5.78 Å². The average Bonchev–Trinajstić information content (AvgIpc) is 2.26. The predicted molar refractivity (Wildman–Crippen MR) is 64.9 cm³/mol. The molecule has 1 rings (SSSR count). The number of ketones is 1. The Morgan fingerprint density at radius 1 is 1.13 bits per heavy atom. The molecule has 0 radical (unpaired) electrons. The van der Waals surface area contributed by atoms with Crippen molar-refractivity contribution in [3.05, 3.63) is 11.1 Å². The van der Waals surface area contributed by atoms with Gasteiger partial charge >= 0.3 is 0 Å². The van der Waals surface area contributed by atoms with Crippen molar-refractivity contribution in [3.8, 4) is 0 Å². The molecule has 0 atom stereocenters. The SMILES string of the molecule is CCC(CC)C(C(C)=O)=C1CCCCC1. The maximum atomic E-state index is 11.7. The van der Waals surface area contributed by atoms with Gasteiger partial charge < -0.3 is 0 Å². The standard InChI is InChI=1S/C14H24O/c1-4-12(5-2)14(11(3)15)13-9-7-6-8-10-13/h12H,4-10H2,1-3H3. The van der Waals surface area contributed by atoms with Crippen LogP contribution in [0.5, 0.6) is 0 Å². The Morgan fingerprint density at radius 3 is 2.07 bits per heavy atom. The highest BCUT2D eigenvalue weighted by Crippen LogP contribution is 2.31. The highest BCUT2D eigenvalue weighted by molar-refractivity contribution is 5.94. The molecule has 1 fully saturated rings. The van der Waals surface area contributed by atoms with Gasteiger partial charge in [0.1, 0.15) is 0 Å². The molecule has 1 saturated carbocycles. The average molecular weight is 208 g/mol. The molecule has 1 aliphatic rings. The third-order valence-electron chi connectivity index (χ3n) is 3.61. The Balaban J connectivity index is 2.92. The van der Waals surface area contributed by atoms with Gasteiger partial charge in [-0.2, -0.15) is 0 Å². The number of Topliss-reactive ketones (excluding diaryl/α,β-unsaturated/α-hetero) is 1.